The second kappa shape index (κ2) is 6.24. The number of hydrogen-bond donors (Lipinski definition) is 1. The number of amides is 1. The summed E-state index contributed by atoms with van der Waals surface area (Å²) < 4.78 is 13.4. The highest BCUT2D eigenvalue weighted by molar-refractivity contribution is 6.37. The predicted octanol–water partition coefficient (Wildman–Crippen LogP) is 4.59. The highest BCUT2D eigenvalue weighted by Crippen LogP contribution is 2.25. The van der Waals surface area contributed by atoms with Crippen LogP contribution in [0.1, 0.15) is 27.6 Å². The highest BCUT2D eigenvalue weighted by Gasteiger charge is 2.16. The Morgan fingerprint density at radius 3 is 2.38 bits per heavy atom. The van der Waals surface area contributed by atoms with E-state index in [0.717, 1.165) is 12.1 Å². The van der Waals surface area contributed by atoms with Crippen molar-refractivity contribution in [3.05, 3.63) is 63.4 Å². The van der Waals surface area contributed by atoms with Crippen LogP contribution in [0.5, 0.6) is 0 Å². The minimum atomic E-state index is -0.744. The normalized spacial score (nSPS) is 10.3. The number of para-hydroxylation sites is 1. The van der Waals surface area contributed by atoms with E-state index in [0.29, 0.717) is 11.3 Å². The summed E-state index contributed by atoms with van der Waals surface area (Å²) in [5.41, 5.74) is 0.634. The quantitative estimate of drug-likeness (QED) is 0.662. The van der Waals surface area contributed by atoms with Crippen LogP contribution in [0.4, 0.5) is 10.1 Å². The van der Waals surface area contributed by atoms with Crippen molar-refractivity contribution in [3.8, 4) is 0 Å². The van der Waals surface area contributed by atoms with Crippen molar-refractivity contribution in [1.29, 1.82) is 0 Å². The maximum absolute atomic E-state index is 13.4. The number of carbonyl (C=O) groups excluding carboxylic acids is 2. The van der Waals surface area contributed by atoms with Gasteiger partial charge >= 0.3 is 0 Å². The zero-order chi connectivity index (χ0) is 15.6. The molecule has 1 N–H and O–H groups in total. The maximum atomic E-state index is 13.4. The van der Waals surface area contributed by atoms with Crippen molar-refractivity contribution in [2.75, 3.05) is 5.32 Å². The van der Waals surface area contributed by atoms with Gasteiger partial charge in [0.1, 0.15) is 5.82 Å². The van der Waals surface area contributed by atoms with E-state index in [-0.39, 0.29) is 21.4 Å². The van der Waals surface area contributed by atoms with Gasteiger partial charge in [0.25, 0.3) is 5.91 Å². The second-order valence-corrected chi connectivity index (χ2v) is 5.12. The molecule has 0 atom stereocenters. The van der Waals surface area contributed by atoms with E-state index in [1.807, 2.05) is 0 Å². The van der Waals surface area contributed by atoms with Crippen LogP contribution in [0.3, 0.4) is 0 Å². The van der Waals surface area contributed by atoms with Gasteiger partial charge in [-0.25, -0.2) is 4.39 Å². The van der Waals surface area contributed by atoms with E-state index >= 15 is 0 Å². The summed E-state index contributed by atoms with van der Waals surface area (Å²) in [6.07, 6.45) is 0. The molecule has 0 aromatic heterocycles. The average Bonchev–Trinajstić information content (AvgIpc) is 2.43. The SMILES string of the molecule is CC(=O)c1ccccc1NC(=O)c1cc(F)c(Cl)cc1Cl. The van der Waals surface area contributed by atoms with Crippen LogP contribution in [-0.2, 0) is 0 Å². The molecule has 0 radical (unpaired) electrons. The molecule has 0 aliphatic heterocycles. The third-order valence-corrected chi connectivity index (χ3v) is 3.41. The van der Waals surface area contributed by atoms with Crippen LogP contribution >= 0.6 is 23.2 Å². The largest absolute Gasteiger partial charge is 0.321 e. The van der Waals surface area contributed by atoms with Crippen molar-refractivity contribution in [1.82, 2.24) is 0 Å². The van der Waals surface area contributed by atoms with Crippen LogP contribution in [0.2, 0.25) is 10.0 Å². The van der Waals surface area contributed by atoms with E-state index in [1.165, 1.54) is 6.92 Å². The van der Waals surface area contributed by atoms with Crippen molar-refractivity contribution in [3.63, 3.8) is 0 Å². The Labute approximate surface area is 130 Å². The minimum absolute atomic E-state index is 0.0270. The van der Waals surface area contributed by atoms with Crippen molar-refractivity contribution < 1.29 is 14.0 Å². The second-order valence-electron chi connectivity index (χ2n) is 4.30. The molecule has 0 aliphatic carbocycles. The Kier molecular flexibility index (Phi) is 4.60. The lowest BCUT2D eigenvalue weighted by atomic mass is 10.1. The molecule has 6 heteroatoms. The fraction of sp³-hybridized carbons (Fsp3) is 0.0667. The molecule has 0 spiro atoms. The lowest BCUT2D eigenvalue weighted by molar-refractivity contribution is 0.101. The van der Waals surface area contributed by atoms with Gasteiger partial charge in [-0.2, -0.15) is 0 Å². The van der Waals surface area contributed by atoms with Crippen LogP contribution < -0.4 is 5.32 Å². The standard InChI is InChI=1S/C15H10Cl2FNO2/c1-8(20)9-4-2-3-5-14(9)19-15(21)10-6-13(18)12(17)7-11(10)16/h2-7H,1H3,(H,19,21). The smallest absolute Gasteiger partial charge is 0.257 e. The zero-order valence-electron chi connectivity index (χ0n) is 10.9. The molecule has 0 fully saturated rings. The van der Waals surface area contributed by atoms with E-state index in [1.54, 1.807) is 24.3 Å². The fourth-order valence-electron chi connectivity index (χ4n) is 1.79. The average molecular weight is 326 g/mol. The zero-order valence-corrected chi connectivity index (χ0v) is 12.4. The molecule has 1 amide bonds. The summed E-state index contributed by atoms with van der Waals surface area (Å²) in [5, 5.41) is 2.40. The van der Waals surface area contributed by atoms with Gasteiger partial charge in [0.15, 0.2) is 5.78 Å². The fourth-order valence-corrected chi connectivity index (χ4v) is 2.25. The minimum Gasteiger partial charge on any atom is -0.321 e. The molecule has 0 aliphatic rings. The lowest BCUT2D eigenvalue weighted by Crippen LogP contribution is -2.15. The molecule has 2 aromatic carbocycles. The number of benzene rings is 2. The highest BCUT2D eigenvalue weighted by atomic mass is 35.5. The number of anilines is 1. The molecule has 108 valence electrons. The molecule has 2 rings (SSSR count). The molecule has 21 heavy (non-hydrogen) atoms. The van der Waals surface area contributed by atoms with E-state index in [2.05, 4.69) is 5.32 Å². The van der Waals surface area contributed by atoms with Crippen LogP contribution in [0, 0.1) is 5.82 Å². The topological polar surface area (TPSA) is 46.2 Å². The monoisotopic (exact) mass is 325 g/mol. The third kappa shape index (κ3) is 3.40. The molecule has 0 saturated heterocycles. The maximum Gasteiger partial charge on any atom is 0.257 e. The number of ketones is 1. The number of rotatable bonds is 3. The summed E-state index contributed by atoms with van der Waals surface area (Å²) in [6.45, 7) is 1.39. The third-order valence-electron chi connectivity index (χ3n) is 2.81. The van der Waals surface area contributed by atoms with Gasteiger partial charge in [-0.1, -0.05) is 35.3 Å². The molecule has 3 nitrogen and oxygen atoms in total. The molecule has 0 saturated carbocycles. The number of hydrogen-bond acceptors (Lipinski definition) is 2. The molecule has 0 heterocycles. The van der Waals surface area contributed by atoms with Crippen LogP contribution in [-0.4, -0.2) is 11.7 Å². The van der Waals surface area contributed by atoms with E-state index < -0.39 is 11.7 Å². The van der Waals surface area contributed by atoms with Gasteiger partial charge in [-0.05, 0) is 31.2 Å². The molecule has 0 bridgehead atoms. The first-order valence-electron chi connectivity index (χ1n) is 5.96. The molecule has 2 aromatic rings. The Morgan fingerprint density at radius 1 is 1.05 bits per heavy atom. The Hall–Kier alpha value is -1.91. The van der Waals surface area contributed by atoms with Crippen molar-refractivity contribution >= 4 is 40.6 Å². The molecule has 0 unspecified atom stereocenters. The predicted molar refractivity (Wildman–Crippen MR) is 80.8 cm³/mol. The first-order chi connectivity index (χ1) is 9.90. The van der Waals surface area contributed by atoms with Gasteiger partial charge in [0.2, 0.25) is 0 Å². The number of Topliss-reactive ketones (excluding diaryl/α,β-unsaturated/α-hetero) is 1. The van der Waals surface area contributed by atoms with E-state index in [4.69, 9.17) is 23.2 Å². The number of nitrogens with one attached hydrogen (secondary N) is 1. The summed E-state index contributed by atoms with van der Waals surface area (Å²) >= 11 is 11.5. The van der Waals surface area contributed by atoms with E-state index in [9.17, 15) is 14.0 Å². The van der Waals surface area contributed by atoms with Gasteiger partial charge < -0.3 is 5.32 Å². The van der Waals surface area contributed by atoms with Gasteiger partial charge in [-0.3, -0.25) is 9.59 Å². The molecular formula is C15H10Cl2FNO2. The van der Waals surface area contributed by atoms with Crippen LogP contribution in [0.15, 0.2) is 36.4 Å². The summed E-state index contributed by atoms with van der Waals surface area (Å²) in [4.78, 5) is 23.7. The van der Waals surface area contributed by atoms with Gasteiger partial charge in [-0.15, -0.1) is 0 Å². The first-order valence-corrected chi connectivity index (χ1v) is 6.71. The van der Waals surface area contributed by atoms with Crippen molar-refractivity contribution in [2.24, 2.45) is 0 Å². The molecular weight excluding hydrogens is 316 g/mol. The number of halogens is 3. The summed E-state index contributed by atoms with van der Waals surface area (Å²) in [6, 6.07) is 8.63. The summed E-state index contributed by atoms with van der Waals surface area (Å²) in [5.74, 6) is -1.56. The lowest BCUT2D eigenvalue weighted by Gasteiger charge is -2.10. The summed E-state index contributed by atoms with van der Waals surface area (Å²) in [7, 11) is 0. The van der Waals surface area contributed by atoms with Gasteiger partial charge in [0, 0.05) is 5.56 Å². The Balaban J connectivity index is 2.35. The Morgan fingerprint density at radius 2 is 1.71 bits per heavy atom. The number of carbonyl (C=O) groups is 2. The van der Waals surface area contributed by atoms with Gasteiger partial charge in [0.05, 0.1) is 21.3 Å². The first kappa shape index (κ1) is 15.5. The Bertz CT molecular complexity index is 732. The van der Waals surface area contributed by atoms with Crippen LogP contribution in [0.25, 0.3) is 0 Å². The van der Waals surface area contributed by atoms with Crippen molar-refractivity contribution in [2.45, 2.75) is 6.92 Å².